The number of amides is 1. The molecule has 1 unspecified atom stereocenters. The van der Waals surface area contributed by atoms with Crippen molar-refractivity contribution in [3.8, 4) is 0 Å². The van der Waals surface area contributed by atoms with Gasteiger partial charge in [-0.05, 0) is 55.6 Å². The van der Waals surface area contributed by atoms with E-state index in [9.17, 15) is 4.79 Å². The first-order valence-electron chi connectivity index (χ1n) is 7.60. The summed E-state index contributed by atoms with van der Waals surface area (Å²) in [7, 11) is 4.09. The van der Waals surface area contributed by atoms with Crippen molar-refractivity contribution in [3.63, 3.8) is 0 Å². The largest absolute Gasteiger partial charge is 0.349 e. The SMILES string of the molecule is CCc1ccc(C(CNC(=O)c2sccc2C)N(C)C)cc1. The van der Waals surface area contributed by atoms with Crippen molar-refractivity contribution in [1.29, 1.82) is 0 Å². The molecule has 1 aromatic carbocycles. The van der Waals surface area contributed by atoms with Crippen molar-refractivity contribution in [3.05, 3.63) is 57.3 Å². The molecule has 0 aliphatic carbocycles. The summed E-state index contributed by atoms with van der Waals surface area (Å²) in [5, 5.41) is 5.02. The second-order valence-corrected chi connectivity index (χ2v) is 6.63. The number of carbonyl (C=O) groups excluding carboxylic acids is 1. The van der Waals surface area contributed by atoms with Gasteiger partial charge in [-0.15, -0.1) is 11.3 Å². The Labute approximate surface area is 137 Å². The Morgan fingerprint density at radius 3 is 2.41 bits per heavy atom. The molecule has 1 amide bonds. The van der Waals surface area contributed by atoms with Gasteiger partial charge in [-0.1, -0.05) is 31.2 Å². The second kappa shape index (κ2) is 7.56. The molecule has 0 bridgehead atoms. The van der Waals surface area contributed by atoms with Crippen LogP contribution in [0.4, 0.5) is 0 Å². The van der Waals surface area contributed by atoms with Crippen LogP contribution in [0.1, 0.15) is 39.3 Å². The Hall–Kier alpha value is -1.65. The molecule has 0 saturated carbocycles. The van der Waals surface area contributed by atoms with Crippen molar-refractivity contribution in [1.82, 2.24) is 10.2 Å². The predicted octanol–water partition coefficient (Wildman–Crippen LogP) is 3.65. The van der Waals surface area contributed by atoms with Crippen LogP contribution in [0.5, 0.6) is 0 Å². The lowest BCUT2D eigenvalue weighted by atomic mass is 10.0. The Balaban J connectivity index is 2.05. The smallest absolute Gasteiger partial charge is 0.261 e. The maximum Gasteiger partial charge on any atom is 0.261 e. The molecule has 0 aliphatic heterocycles. The van der Waals surface area contributed by atoms with Crippen LogP contribution < -0.4 is 5.32 Å². The van der Waals surface area contributed by atoms with Crippen LogP contribution in [0, 0.1) is 6.92 Å². The third kappa shape index (κ3) is 3.96. The van der Waals surface area contributed by atoms with Crippen LogP contribution in [0.25, 0.3) is 0 Å². The zero-order chi connectivity index (χ0) is 16.1. The lowest BCUT2D eigenvalue weighted by molar-refractivity contribution is 0.0945. The lowest BCUT2D eigenvalue weighted by Gasteiger charge is -2.25. The summed E-state index contributed by atoms with van der Waals surface area (Å²) in [6.45, 7) is 4.73. The number of thiophene rings is 1. The molecule has 0 radical (unpaired) electrons. The van der Waals surface area contributed by atoms with E-state index in [1.54, 1.807) is 0 Å². The first kappa shape index (κ1) is 16.7. The molecule has 1 heterocycles. The van der Waals surface area contributed by atoms with Crippen molar-refractivity contribution in [2.24, 2.45) is 0 Å². The molecule has 2 rings (SSSR count). The molecule has 0 saturated heterocycles. The van der Waals surface area contributed by atoms with Gasteiger partial charge < -0.3 is 10.2 Å². The summed E-state index contributed by atoms with van der Waals surface area (Å²) in [6, 6.07) is 10.8. The zero-order valence-corrected chi connectivity index (χ0v) is 14.5. The molecule has 1 aromatic heterocycles. The van der Waals surface area contributed by atoms with Crippen molar-refractivity contribution in [2.75, 3.05) is 20.6 Å². The van der Waals surface area contributed by atoms with Crippen molar-refractivity contribution >= 4 is 17.2 Å². The Morgan fingerprint density at radius 1 is 1.23 bits per heavy atom. The molecule has 0 spiro atoms. The van der Waals surface area contributed by atoms with Gasteiger partial charge in [0.2, 0.25) is 0 Å². The molecule has 4 heteroatoms. The molecule has 0 aliphatic rings. The fraction of sp³-hybridized carbons (Fsp3) is 0.389. The minimum Gasteiger partial charge on any atom is -0.349 e. The quantitative estimate of drug-likeness (QED) is 0.882. The molecule has 2 aromatic rings. The number of likely N-dealkylation sites (N-methyl/N-ethyl adjacent to an activating group) is 1. The highest BCUT2D eigenvalue weighted by Crippen LogP contribution is 2.20. The van der Waals surface area contributed by atoms with Crippen LogP contribution >= 0.6 is 11.3 Å². The summed E-state index contributed by atoms with van der Waals surface area (Å²) < 4.78 is 0. The van der Waals surface area contributed by atoms with Crippen LogP contribution in [0.15, 0.2) is 35.7 Å². The maximum atomic E-state index is 12.3. The highest BCUT2D eigenvalue weighted by atomic mass is 32.1. The van der Waals surface area contributed by atoms with E-state index in [-0.39, 0.29) is 11.9 Å². The fourth-order valence-corrected chi connectivity index (χ4v) is 3.29. The minimum atomic E-state index is 0.0181. The summed E-state index contributed by atoms with van der Waals surface area (Å²) in [4.78, 5) is 15.2. The summed E-state index contributed by atoms with van der Waals surface area (Å²) in [5.41, 5.74) is 3.60. The van der Waals surface area contributed by atoms with E-state index in [1.807, 2.05) is 32.5 Å². The first-order valence-corrected chi connectivity index (χ1v) is 8.48. The Morgan fingerprint density at radius 2 is 1.91 bits per heavy atom. The van der Waals surface area contributed by atoms with Gasteiger partial charge in [0.25, 0.3) is 5.91 Å². The fourth-order valence-electron chi connectivity index (χ4n) is 2.45. The van der Waals surface area contributed by atoms with E-state index in [4.69, 9.17) is 0 Å². The molecular weight excluding hydrogens is 292 g/mol. The van der Waals surface area contributed by atoms with Gasteiger partial charge in [0, 0.05) is 6.54 Å². The number of benzene rings is 1. The highest BCUT2D eigenvalue weighted by Gasteiger charge is 2.17. The van der Waals surface area contributed by atoms with Crippen LogP contribution in [-0.2, 0) is 6.42 Å². The van der Waals surface area contributed by atoms with E-state index >= 15 is 0 Å². The van der Waals surface area contributed by atoms with Crippen LogP contribution in [-0.4, -0.2) is 31.4 Å². The van der Waals surface area contributed by atoms with Gasteiger partial charge in [-0.3, -0.25) is 4.79 Å². The number of hydrogen-bond acceptors (Lipinski definition) is 3. The number of hydrogen-bond donors (Lipinski definition) is 1. The molecule has 1 atom stereocenters. The lowest BCUT2D eigenvalue weighted by Crippen LogP contribution is -2.34. The maximum absolute atomic E-state index is 12.3. The zero-order valence-electron chi connectivity index (χ0n) is 13.7. The van der Waals surface area contributed by atoms with Gasteiger partial charge in [0.05, 0.1) is 10.9 Å². The number of carbonyl (C=O) groups is 1. The first-order chi connectivity index (χ1) is 10.5. The molecule has 22 heavy (non-hydrogen) atoms. The minimum absolute atomic E-state index is 0.0181. The highest BCUT2D eigenvalue weighted by molar-refractivity contribution is 7.12. The molecule has 0 fully saturated rings. The number of aryl methyl sites for hydroxylation is 2. The summed E-state index contributed by atoms with van der Waals surface area (Å²) >= 11 is 1.49. The predicted molar refractivity (Wildman–Crippen MR) is 93.6 cm³/mol. The topological polar surface area (TPSA) is 32.3 Å². The number of nitrogens with zero attached hydrogens (tertiary/aromatic N) is 1. The number of rotatable bonds is 6. The third-order valence-corrected chi connectivity index (χ3v) is 4.94. The monoisotopic (exact) mass is 316 g/mol. The van der Waals surface area contributed by atoms with Crippen molar-refractivity contribution < 1.29 is 4.79 Å². The summed E-state index contributed by atoms with van der Waals surface area (Å²) in [6.07, 6.45) is 1.04. The van der Waals surface area contributed by atoms with E-state index < -0.39 is 0 Å². The summed E-state index contributed by atoms with van der Waals surface area (Å²) in [5.74, 6) is 0.0181. The average molecular weight is 316 g/mol. The van der Waals surface area contributed by atoms with Gasteiger partial charge in [0.1, 0.15) is 0 Å². The number of nitrogens with one attached hydrogen (secondary N) is 1. The molecule has 1 N–H and O–H groups in total. The van der Waals surface area contributed by atoms with E-state index in [2.05, 4.69) is 41.4 Å². The molecule has 3 nitrogen and oxygen atoms in total. The molecule has 118 valence electrons. The van der Waals surface area contributed by atoms with E-state index in [0.717, 1.165) is 16.9 Å². The van der Waals surface area contributed by atoms with E-state index in [1.165, 1.54) is 22.5 Å². The van der Waals surface area contributed by atoms with Crippen LogP contribution in [0.3, 0.4) is 0 Å². The van der Waals surface area contributed by atoms with Gasteiger partial charge in [-0.25, -0.2) is 0 Å². The standard InChI is InChI=1S/C18H24N2OS/c1-5-14-6-8-15(9-7-14)16(20(3)4)12-19-18(21)17-13(2)10-11-22-17/h6-11,16H,5,12H2,1-4H3,(H,19,21). The van der Waals surface area contributed by atoms with Crippen molar-refractivity contribution in [2.45, 2.75) is 26.3 Å². The average Bonchev–Trinajstić information content (AvgIpc) is 2.94. The van der Waals surface area contributed by atoms with Gasteiger partial charge in [0.15, 0.2) is 0 Å². The molecular formula is C18H24N2OS. The normalized spacial score (nSPS) is 12.4. The second-order valence-electron chi connectivity index (χ2n) is 5.72. The van der Waals surface area contributed by atoms with E-state index in [0.29, 0.717) is 6.54 Å². The third-order valence-electron chi connectivity index (χ3n) is 3.92. The Bertz CT molecular complexity index is 616. The van der Waals surface area contributed by atoms with Crippen LogP contribution in [0.2, 0.25) is 0 Å². The Kier molecular flexibility index (Phi) is 5.75. The van der Waals surface area contributed by atoms with Gasteiger partial charge >= 0.3 is 0 Å². The van der Waals surface area contributed by atoms with Gasteiger partial charge in [-0.2, -0.15) is 0 Å².